The number of nitrogens with one attached hydrogen (secondary N) is 1. The molecule has 1 amide bonds. The molecule has 6 nitrogen and oxygen atoms in total. The van der Waals surface area contributed by atoms with Crippen molar-refractivity contribution in [2.75, 3.05) is 19.4 Å². The molecular formula is C12H16ClN3O3S. The van der Waals surface area contributed by atoms with Crippen molar-refractivity contribution >= 4 is 35.2 Å². The van der Waals surface area contributed by atoms with E-state index in [2.05, 4.69) is 20.0 Å². The number of thioether (sulfide) groups is 1. The van der Waals surface area contributed by atoms with Crippen molar-refractivity contribution in [1.82, 2.24) is 15.3 Å². The maximum atomic E-state index is 11.9. The van der Waals surface area contributed by atoms with E-state index < -0.39 is 0 Å². The summed E-state index contributed by atoms with van der Waals surface area (Å²) in [5.74, 6) is 0.128. The Bertz CT molecular complexity index is 485. The SMILES string of the molecule is CCSc1ncc(Cl)c(C(=O)NCCCC(=O)OC)n1. The monoisotopic (exact) mass is 317 g/mol. The van der Waals surface area contributed by atoms with Gasteiger partial charge in [0.2, 0.25) is 0 Å². The second-order valence-electron chi connectivity index (χ2n) is 3.72. The minimum absolute atomic E-state index is 0.149. The van der Waals surface area contributed by atoms with Gasteiger partial charge in [-0.15, -0.1) is 0 Å². The van der Waals surface area contributed by atoms with E-state index in [-0.39, 0.29) is 29.0 Å². The minimum atomic E-state index is -0.375. The summed E-state index contributed by atoms with van der Waals surface area (Å²) in [6.45, 7) is 2.32. The van der Waals surface area contributed by atoms with Crippen LogP contribution in [0, 0.1) is 0 Å². The van der Waals surface area contributed by atoms with Crippen LogP contribution in [-0.2, 0) is 9.53 Å². The third-order valence-corrected chi connectivity index (χ3v) is 3.30. The van der Waals surface area contributed by atoms with Gasteiger partial charge in [0.25, 0.3) is 5.91 Å². The van der Waals surface area contributed by atoms with Gasteiger partial charge in [0, 0.05) is 13.0 Å². The summed E-state index contributed by atoms with van der Waals surface area (Å²) in [4.78, 5) is 31.0. The first-order valence-electron chi connectivity index (χ1n) is 6.08. The van der Waals surface area contributed by atoms with Crippen LogP contribution in [0.5, 0.6) is 0 Å². The van der Waals surface area contributed by atoms with Crippen LogP contribution in [0.15, 0.2) is 11.4 Å². The first-order chi connectivity index (χ1) is 9.58. The summed E-state index contributed by atoms with van der Waals surface area (Å²) in [5.41, 5.74) is 0.149. The van der Waals surface area contributed by atoms with Crippen molar-refractivity contribution in [3.05, 3.63) is 16.9 Å². The molecule has 0 aliphatic heterocycles. The number of nitrogens with zero attached hydrogens (tertiary/aromatic N) is 2. The van der Waals surface area contributed by atoms with Gasteiger partial charge in [0.15, 0.2) is 10.9 Å². The Balaban J connectivity index is 2.54. The molecule has 0 unspecified atom stereocenters. The fourth-order valence-corrected chi connectivity index (χ4v) is 2.05. The third-order valence-electron chi connectivity index (χ3n) is 2.28. The van der Waals surface area contributed by atoms with Crippen molar-refractivity contribution in [1.29, 1.82) is 0 Å². The predicted molar refractivity (Wildman–Crippen MR) is 77.0 cm³/mol. The van der Waals surface area contributed by atoms with Gasteiger partial charge >= 0.3 is 5.97 Å². The van der Waals surface area contributed by atoms with E-state index in [1.54, 1.807) is 0 Å². The van der Waals surface area contributed by atoms with Crippen molar-refractivity contribution in [3.8, 4) is 0 Å². The highest BCUT2D eigenvalue weighted by Crippen LogP contribution is 2.17. The molecule has 0 fully saturated rings. The Labute approximate surface area is 126 Å². The van der Waals surface area contributed by atoms with Crippen LogP contribution in [-0.4, -0.2) is 41.3 Å². The number of esters is 1. The molecule has 1 N–H and O–H groups in total. The number of methoxy groups -OCH3 is 1. The highest BCUT2D eigenvalue weighted by atomic mass is 35.5. The van der Waals surface area contributed by atoms with Gasteiger partial charge < -0.3 is 10.1 Å². The molecule has 1 heterocycles. The first-order valence-corrected chi connectivity index (χ1v) is 7.45. The van der Waals surface area contributed by atoms with Crippen molar-refractivity contribution in [3.63, 3.8) is 0 Å². The maximum Gasteiger partial charge on any atom is 0.305 e. The number of carbonyl (C=O) groups is 2. The summed E-state index contributed by atoms with van der Waals surface area (Å²) in [6.07, 6.45) is 2.17. The second kappa shape index (κ2) is 8.76. The molecule has 0 saturated heterocycles. The molecular weight excluding hydrogens is 302 g/mol. The number of aromatic nitrogens is 2. The van der Waals surface area contributed by atoms with Crippen LogP contribution >= 0.6 is 23.4 Å². The van der Waals surface area contributed by atoms with Crippen LogP contribution in [0.1, 0.15) is 30.3 Å². The summed E-state index contributed by atoms with van der Waals surface area (Å²) in [7, 11) is 1.33. The van der Waals surface area contributed by atoms with Gasteiger partial charge in [-0.3, -0.25) is 9.59 Å². The maximum absolute atomic E-state index is 11.9. The summed E-state index contributed by atoms with van der Waals surface area (Å²) >= 11 is 7.34. The molecule has 8 heteroatoms. The largest absolute Gasteiger partial charge is 0.469 e. The summed E-state index contributed by atoms with van der Waals surface area (Å²) in [5, 5.41) is 3.37. The Morgan fingerprint density at radius 3 is 2.90 bits per heavy atom. The Kier molecular flexibility index (Phi) is 7.32. The first kappa shape index (κ1) is 16.7. The van der Waals surface area contributed by atoms with E-state index in [4.69, 9.17) is 11.6 Å². The quantitative estimate of drug-likeness (QED) is 0.358. The smallest absolute Gasteiger partial charge is 0.305 e. The zero-order valence-corrected chi connectivity index (χ0v) is 12.9. The third kappa shape index (κ3) is 5.34. The highest BCUT2D eigenvalue weighted by Gasteiger charge is 2.14. The number of amides is 1. The molecule has 0 aliphatic carbocycles. The second-order valence-corrected chi connectivity index (χ2v) is 5.36. The molecule has 0 bridgehead atoms. The Morgan fingerprint density at radius 1 is 1.50 bits per heavy atom. The van der Waals surface area contributed by atoms with Gasteiger partial charge in [-0.1, -0.05) is 30.3 Å². The molecule has 1 rings (SSSR count). The van der Waals surface area contributed by atoms with E-state index in [0.29, 0.717) is 18.1 Å². The molecule has 0 radical (unpaired) electrons. The molecule has 0 saturated carbocycles. The molecule has 20 heavy (non-hydrogen) atoms. The Morgan fingerprint density at radius 2 is 2.25 bits per heavy atom. The van der Waals surface area contributed by atoms with E-state index in [1.165, 1.54) is 25.1 Å². The van der Waals surface area contributed by atoms with Gasteiger partial charge in [-0.2, -0.15) is 0 Å². The van der Waals surface area contributed by atoms with E-state index in [9.17, 15) is 9.59 Å². The van der Waals surface area contributed by atoms with E-state index in [0.717, 1.165) is 5.75 Å². The van der Waals surface area contributed by atoms with Crippen LogP contribution in [0.2, 0.25) is 5.02 Å². The topological polar surface area (TPSA) is 81.2 Å². The number of carbonyl (C=O) groups excluding carboxylic acids is 2. The minimum Gasteiger partial charge on any atom is -0.469 e. The normalized spacial score (nSPS) is 10.2. The lowest BCUT2D eigenvalue weighted by molar-refractivity contribution is -0.140. The molecule has 1 aromatic rings. The number of hydrogen-bond donors (Lipinski definition) is 1. The molecule has 0 atom stereocenters. The number of ether oxygens (including phenoxy) is 1. The lowest BCUT2D eigenvalue weighted by Crippen LogP contribution is -2.26. The van der Waals surface area contributed by atoms with Gasteiger partial charge in [0.05, 0.1) is 18.3 Å². The fraction of sp³-hybridized carbons (Fsp3) is 0.500. The number of halogens is 1. The van der Waals surface area contributed by atoms with Crippen LogP contribution in [0.25, 0.3) is 0 Å². The molecule has 0 spiro atoms. The average Bonchev–Trinajstić information content (AvgIpc) is 2.45. The lowest BCUT2D eigenvalue weighted by atomic mass is 10.3. The van der Waals surface area contributed by atoms with Gasteiger partial charge in [-0.25, -0.2) is 9.97 Å². The fourth-order valence-electron chi connectivity index (χ4n) is 1.33. The van der Waals surface area contributed by atoms with Crippen molar-refractivity contribution in [2.45, 2.75) is 24.9 Å². The zero-order chi connectivity index (χ0) is 15.0. The van der Waals surface area contributed by atoms with Crippen molar-refractivity contribution in [2.24, 2.45) is 0 Å². The lowest BCUT2D eigenvalue weighted by Gasteiger charge is -2.06. The standard InChI is InChI=1S/C12H16ClN3O3S/c1-3-20-12-15-7-8(13)10(16-12)11(18)14-6-4-5-9(17)19-2/h7H,3-6H2,1-2H3,(H,14,18). The molecule has 110 valence electrons. The zero-order valence-electron chi connectivity index (χ0n) is 11.3. The highest BCUT2D eigenvalue weighted by molar-refractivity contribution is 7.99. The van der Waals surface area contributed by atoms with E-state index >= 15 is 0 Å². The molecule has 0 aliphatic rings. The van der Waals surface area contributed by atoms with Gasteiger partial charge in [0.1, 0.15) is 0 Å². The summed E-state index contributed by atoms with van der Waals surface area (Å²) < 4.78 is 4.51. The van der Waals surface area contributed by atoms with Crippen molar-refractivity contribution < 1.29 is 14.3 Å². The number of rotatable bonds is 7. The molecule has 1 aromatic heterocycles. The Hall–Kier alpha value is -1.34. The predicted octanol–water partition coefficient (Wildman–Crippen LogP) is 1.92. The summed E-state index contributed by atoms with van der Waals surface area (Å²) in [6, 6.07) is 0. The van der Waals surface area contributed by atoms with E-state index in [1.807, 2.05) is 6.92 Å². The average molecular weight is 318 g/mol. The van der Waals surface area contributed by atoms with Crippen LogP contribution < -0.4 is 5.32 Å². The molecule has 0 aromatic carbocycles. The van der Waals surface area contributed by atoms with Crippen LogP contribution in [0.3, 0.4) is 0 Å². The van der Waals surface area contributed by atoms with Crippen LogP contribution in [0.4, 0.5) is 0 Å². The number of hydrogen-bond acceptors (Lipinski definition) is 6. The van der Waals surface area contributed by atoms with Gasteiger partial charge in [-0.05, 0) is 12.2 Å².